The van der Waals surface area contributed by atoms with Crippen LogP contribution >= 0.6 is 11.6 Å². The number of anilines is 1. The Labute approximate surface area is 265 Å². The summed E-state index contributed by atoms with van der Waals surface area (Å²) in [5, 5.41) is 3.40. The van der Waals surface area contributed by atoms with Crippen molar-refractivity contribution in [3.05, 3.63) is 130 Å². The summed E-state index contributed by atoms with van der Waals surface area (Å²) in [7, 11) is -4.17. The van der Waals surface area contributed by atoms with Crippen LogP contribution in [0.15, 0.2) is 108 Å². The van der Waals surface area contributed by atoms with Crippen molar-refractivity contribution in [1.82, 2.24) is 10.2 Å². The van der Waals surface area contributed by atoms with E-state index in [0.717, 1.165) is 26.6 Å². The van der Waals surface area contributed by atoms with Crippen LogP contribution in [0.3, 0.4) is 0 Å². The largest absolute Gasteiger partial charge is 0.352 e. The summed E-state index contributed by atoms with van der Waals surface area (Å²) in [6.07, 6.45) is 0.253. The first kappa shape index (κ1) is 32.8. The number of hydrogen-bond donors (Lipinski definition) is 1. The Balaban J connectivity index is 1.80. The number of carbonyl (C=O) groups excluding carboxylic acids is 2. The van der Waals surface area contributed by atoms with Crippen molar-refractivity contribution in [1.29, 1.82) is 0 Å². The number of benzene rings is 4. The van der Waals surface area contributed by atoms with Gasteiger partial charge in [-0.2, -0.15) is 0 Å². The van der Waals surface area contributed by atoms with Crippen molar-refractivity contribution >= 4 is 39.1 Å². The normalized spacial score (nSPS) is 12.0. The first-order valence-electron chi connectivity index (χ1n) is 14.5. The number of carbonyl (C=O) groups is 2. The molecule has 4 aromatic rings. The van der Waals surface area contributed by atoms with E-state index in [2.05, 4.69) is 5.32 Å². The zero-order valence-electron chi connectivity index (χ0n) is 25.4. The van der Waals surface area contributed by atoms with Crippen molar-refractivity contribution in [2.45, 2.75) is 57.6 Å². The van der Waals surface area contributed by atoms with Crippen LogP contribution in [0.25, 0.3) is 0 Å². The fourth-order valence-corrected chi connectivity index (χ4v) is 6.46. The molecule has 0 fully saturated rings. The molecule has 0 aliphatic rings. The average molecular weight is 632 g/mol. The number of rotatable bonds is 12. The van der Waals surface area contributed by atoms with E-state index in [0.29, 0.717) is 5.02 Å². The van der Waals surface area contributed by atoms with Crippen LogP contribution < -0.4 is 9.62 Å². The Morgan fingerprint density at radius 3 is 2.05 bits per heavy atom. The second-order valence-electron chi connectivity index (χ2n) is 11.2. The van der Waals surface area contributed by atoms with E-state index in [1.54, 1.807) is 36.4 Å². The second-order valence-corrected chi connectivity index (χ2v) is 13.5. The van der Waals surface area contributed by atoms with Gasteiger partial charge in [-0.15, -0.1) is 0 Å². The Bertz CT molecular complexity index is 1680. The van der Waals surface area contributed by atoms with Crippen LogP contribution in [0.5, 0.6) is 0 Å². The molecule has 4 aromatic carbocycles. The molecule has 7 nitrogen and oxygen atoms in total. The SMILES string of the molecule is Cc1ccc(S(=O)(=O)N(CC(=O)N(Cc2cccc(C)c2)[C@H](Cc2ccccc2)C(=O)NC(C)C)c2ccc(Cl)cc2)cc1. The van der Waals surface area contributed by atoms with Gasteiger partial charge in [0.05, 0.1) is 10.6 Å². The standard InChI is InChI=1S/C35H38ClN3O4S/c1-25(2)37-35(41)33(22-28-10-6-5-7-11-28)38(23-29-12-8-9-27(4)21-29)34(40)24-39(31-17-15-30(36)16-18-31)44(42,43)32-19-13-26(3)14-20-32/h5-21,25,33H,22-24H2,1-4H3,(H,37,41)/t33-/m1/s1. The van der Waals surface area contributed by atoms with Gasteiger partial charge in [0, 0.05) is 24.0 Å². The zero-order valence-corrected chi connectivity index (χ0v) is 27.0. The summed E-state index contributed by atoms with van der Waals surface area (Å²) in [6.45, 7) is 7.14. The third kappa shape index (κ3) is 8.49. The number of nitrogens with zero attached hydrogens (tertiary/aromatic N) is 2. The van der Waals surface area contributed by atoms with Crippen LogP contribution in [-0.4, -0.2) is 43.8 Å². The maximum absolute atomic E-state index is 14.5. The highest BCUT2D eigenvalue weighted by molar-refractivity contribution is 7.92. The Hall–Kier alpha value is -4.14. The van der Waals surface area contributed by atoms with Gasteiger partial charge >= 0.3 is 0 Å². The summed E-state index contributed by atoms with van der Waals surface area (Å²) < 4.78 is 29.2. The number of hydrogen-bond acceptors (Lipinski definition) is 4. The third-order valence-corrected chi connectivity index (χ3v) is 9.18. The Morgan fingerprint density at radius 2 is 1.43 bits per heavy atom. The number of nitrogens with one attached hydrogen (secondary N) is 1. The summed E-state index contributed by atoms with van der Waals surface area (Å²) in [5.41, 5.74) is 3.90. The summed E-state index contributed by atoms with van der Waals surface area (Å²) in [4.78, 5) is 29.7. The molecule has 0 spiro atoms. The van der Waals surface area contributed by atoms with Crippen molar-refractivity contribution < 1.29 is 18.0 Å². The van der Waals surface area contributed by atoms with Gasteiger partial charge in [0.25, 0.3) is 10.0 Å². The van der Waals surface area contributed by atoms with Crippen LogP contribution in [0.2, 0.25) is 5.02 Å². The topological polar surface area (TPSA) is 86.8 Å². The maximum atomic E-state index is 14.5. The number of halogens is 1. The second kappa shape index (κ2) is 14.6. The summed E-state index contributed by atoms with van der Waals surface area (Å²) in [5.74, 6) is -0.832. The molecule has 0 radical (unpaired) electrons. The fraction of sp³-hybridized carbons (Fsp3) is 0.257. The molecule has 0 bridgehead atoms. The number of aryl methyl sites for hydroxylation is 2. The quantitative estimate of drug-likeness (QED) is 0.198. The van der Waals surface area contributed by atoms with E-state index in [4.69, 9.17) is 11.6 Å². The molecule has 1 atom stereocenters. The van der Waals surface area contributed by atoms with E-state index < -0.39 is 28.5 Å². The molecule has 230 valence electrons. The Morgan fingerprint density at radius 1 is 0.795 bits per heavy atom. The minimum absolute atomic E-state index is 0.0504. The molecular weight excluding hydrogens is 594 g/mol. The van der Waals surface area contributed by atoms with Gasteiger partial charge in [0.1, 0.15) is 12.6 Å². The summed E-state index contributed by atoms with van der Waals surface area (Å²) >= 11 is 6.13. The number of amides is 2. The molecule has 0 aliphatic heterocycles. The van der Waals surface area contributed by atoms with E-state index in [-0.39, 0.29) is 35.5 Å². The van der Waals surface area contributed by atoms with Crippen molar-refractivity contribution in [3.8, 4) is 0 Å². The highest BCUT2D eigenvalue weighted by Crippen LogP contribution is 2.27. The zero-order chi connectivity index (χ0) is 31.9. The molecule has 0 saturated heterocycles. The molecule has 4 rings (SSSR count). The molecule has 0 aliphatic carbocycles. The smallest absolute Gasteiger partial charge is 0.264 e. The highest BCUT2D eigenvalue weighted by Gasteiger charge is 2.34. The fourth-order valence-electron chi connectivity index (χ4n) is 4.92. The molecule has 9 heteroatoms. The van der Waals surface area contributed by atoms with Crippen LogP contribution in [0.1, 0.15) is 36.1 Å². The predicted octanol–water partition coefficient (Wildman–Crippen LogP) is 6.32. The Kier molecular flexibility index (Phi) is 10.8. The van der Waals surface area contributed by atoms with Crippen molar-refractivity contribution in [3.63, 3.8) is 0 Å². The van der Waals surface area contributed by atoms with Gasteiger partial charge in [-0.05, 0) is 75.2 Å². The third-order valence-electron chi connectivity index (χ3n) is 7.14. The first-order chi connectivity index (χ1) is 20.9. The van der Waals surface area contributed by atoms with Crippen LogP contribution in [0, 0.1) is 13.8 Å². The van der Waals surface area contributed by atoms with Crippen LogP contribution in [-0.2, 0) is 32.6 Å². The minimum atomic E-state index is -4.17. The number of sulfonamides is 1. The lowest BCUT2D eigenvalue weighted by atomic mass is 10.0. The molecule has 0 unspecified atom stereocenters. The van der Waals surface area contributed by atoms with Crippen LogP contribution in [0.4, 0.5) is 5.69 Å². The van der Waals surface area contributed by atoms with E-state index in [1.165, 1.54) is 17.0 Å². The first-order valence-corrected chi connectivity index (χ1v) is 16.3. The molecule has 0 aromatic heterocycles. The molecule has 0 saturated carbocycles. The lowest BCUT2D eigenvalue weighted by Crippen LogP contribution is -2.54. The highest BCUT2D eigenvalue weighted by atomic mass is 35.5. The van der Waals surface area contributed by atoms with Gasteiger partial charge in [-0.25, -0.2) is 8.42 Å². The van der Waals surface area contributed by atoms with E-state index in [1.807, 2.05) is 82.3 Å². The lowest BCUT2D eigenvalue weighted by molar-refractivity contribution is -0.140. The molecule has 2 amide bonds. The van der Waals surface area contributed by atoms with Crippen molar-refractivity contribution in [2.75, 3.05) is 10.8 Å². The summed E-state index contributed by atoms with van der Waals surface area (Å²) in [6, 6.07) is 28.9. The van der Waals surface area contributed by atoms with Gasteiger partial charge in [0.2, 0.25) is 11.8 Å². The van der Waals surface area contributed by atoms with E-state index >= 15 is 0 Å². The minimum Gasteiger partial charge on any atom is -0.352 e. The van der Waals surface area contributed by atoms with Gasteiger partial charge in [-0.1, -0.05) is 89.5 Å². The van der Waals surface area contributed by atoms with Crippen molar-refractivity contribution in [2.24, 2.45) is 0 Å². The average Bonchev–Trinajstić information content (AvgIpc) is 2.98. The molecular formula is C35H38ClN3O4S. The predicted molar refractivity (Wildman–Crippen MR) is 176 cm³/mol. The molecule has 0 heterocycles. The van der Waals surface area contributed by atoms with Gasteiger partial charge in [0.15, 0.2) is 0 Å². The molecule has 1 N–H and O–H groups in total. The molecule has 44 heavy (non-hydrogen) atoms. The van der Waals surface area contributed by atoms with Gasteiger partial charge in [-0.3, -0.25) is 13.9 Å². The maximum Gasteiger partial charge on any atom is 0.264 e. The lowest BCUT2D eigenvalue weighted by Gasteiger charge is -2.34. The monoisotopic (exact) mass is 631 g/mol. The van der Waals surface area contributed by atoms with E-state index in [9.17, 15) is 18.0 Å². The van der Waals surface area contributed by atoms with Gasteiger partial charge < -0.3 is 10.2 Å².